The number of nitrogens with two attached hydrogens (primary N) is 1. The molecule has 0 saturated heterocycles. The van der Waals surface area contributed by atoms with Gasteiger partial charge in [0.1, 0.15) is 5.82 Å². The second-order valence-electron chi connectivity index (χ2n) is 3.10. The van der Waals surface area contributed by atoms with Crippen LogP contribution in [-0.4, -0.2) is 20.7 Å². The standard InChI is InChI=1S/C9H10FN3O2S/c10-8-5-7(6-11)1-2-9(8)13-3-4-16(12,14)15/h1-2,5,13H,3-4H2,(H2,12,14,15). The quantitative estimate of drug-likeness (QED) is 0.799. The third-order valence-corrected chi connectivity index (χ3v) is 2.57. The molecule has 16 heavy (non-hydrogen) atoms. The zero-order valence-electron chi connectivity index (χ0n) is 8.27. The Kier molecular flexibility index (Phi) is 3.82. The summed E-state index contributed by atoms with van der Waals surface area (Å²) in [5, 5.41) is 15.9. The number of primary sulfonamides is 1. The van der Waals surface area contributed by atoms with Crippen molar-refractivity contribution < 1.29 is 12.8 Å². The van der Waals surface area contributed by atoms with E-state index < -0.39 is 15.8 Å². The first kappa shape index (κ1) is 12.4. The number of nitrogens with zero attached hydrogens (tertiary/aromatic N) is 1. The zero-order chi connectivity index (χ0) is 12.2. The Bertz CT molecular complexity index is 522. The number of hydrogen-bond donors (Lipinski definition) is 2. The molecule has 0 spiro atoms. The van der Waals surface area contributed by atoms with Crippen LogP contribution in [0, 0.1) is 17.1 Å². The van der Waals surface area contributed by atoms with E-state index in [1.807, 2.05) is 0 Å². The van der Waals surface area contributed by atoms with E-state index in [9.17, 15) is 12.8 Å². The van der Waals surface area contributed by atoms with E-state index in [4.69, 9.17) is 10.4 Å². The Morgan fingerprint density at radius 3 is 2.69 bits per heavy atom. The van der Waals surface area contributed by atoms with E-state index in [1.165, 1.54) is 12.1 Å². The van der Waals surface area contributed by atoms with Crippen molar-refractivity contribution in [2.24, 2.45) is 5.14 Å². The molecule has 0 heterocycles. The number of nitriles is 1. The molecule has 1 rings (SSSR count). The van der Waals surface area contributed by atoms with Gasteiger partial charge in [0.25, 0.3) is 0 Å². The SMILES string of the molecule is N#Cc1ccc(NCCS(N)(=O)=O)c(F)c1. The largest absolute Gasteiger partial charge is 0.382 e. The first-order valence-electron chi connectivity index (χ1n) is 4.36. The van der Waals surface area contributed by atoms with E-state index in [2.05, 4.69) is 5.32 Å². The fourth-order valence-electron chi connectivity index (χ4n) is 1.06. The minimum Gasteiger partial charge on any atom is -0.382 e. The van der Waals surface area contributed by atoms with Crippen LogP contribution in [0.15, 0.2) is 18.2 Å². The Morgan fingerprint density at radius 2 is 2.19 bits per heavy atom. The second-order valence-corrected chi connectivity index (χ2v) is 4.83. The summed E-state index contributed by atoms with van der Waals surface area (Å²) in [4.78, 5) is 0. The smallest absolute Gasteiger partial charge is 0.210 e. The van der Waals surface area contributed by atoms with Gasteiger partial charge in [-0.15, -0.1) is 0 Å². The summed E-state index contributed by atoms with van der Waals surface area (Å²) < 4.78 is 34.5. The van der Waals surface area contributed by atoms with Crippen molar-refractivity contribution in [3.8, 4) is 6.07 Å². The highest BCUT2D eigenvalue weighted by Gasteiger charge is 2.05. The van der Waals surface area contributed by atoms with Crippen molar-refractivity contribution in [2.75, 3.05) is 17.6 Å². The van der Waals surface area contributed by atoms with Crippen LogP contribution >= 0.6 is 0 Å². The van der Waals surface area contributed by atoms with Crippen molar-refractivity contribution in [3.63, 3.8) is 0 Å². The van der Waals surface area contributed by atoms with Crippen LogP contribution < -0.4 is 10.5 Å². The molecular formula is C9H10FN3O2S. The fraction of sp³-hybridized carbons (Fsp3) is 0.222. The van der Waals surface area contributed by atoms with E-state index >= 15 is 0 Å². The predicted octanol–water partition coefficient (Wildman–Crippen LogP) is 0.398. The van der Waals surface area contributed by atoms with Gasteiger partial charge in [-0.1, -0.05) is 0 Å². The third kappa shape index (κ3) is 3.84. The van der Waals surface area contributed by atoms with Gasteiger partial charge in [0.2, 0.25) is 10.0 Å². The number of benzene rings is 1. The highest BCUT2D eigenvalue weighted by molar-refractivity contribution is 7.89. The molecule has 0 aliphatic heterocycles. The lowest BCUT2D eigenvalue weighted by atomic mass is 10.2. The average Bonchev–Trinajstić information content (AvgIpc) is 2.18. The highest BCUT2D eigenvalue weighted by atomic mass is 32.2. The van der Waals surface area contributed by atoms with Gasteiger partial charge in [0.05, 0.1) is 23.1 Å². The molecule has 0 atom stereocenters. The van der Waals surface area contributed by atoms with Crippen LogP contribution in [0.5, 0.6) is 0 Å². The van der Waals surface area contributed by atoms with Gasteiger partial charge in [-0.3, -0.25) is 0 Å². The van der Waals surface area contributed by atoms with Gasteiger partial charge in [0.15, 0.2) is 0 Å². The molecule has 0 amide bonds. The second kappa shape index (κ2) is 4.92. The van der Waals surface area contributed by atoms with Gasteiger partial charge in [0, 0.05) is 6.54 Å². The van der Waals surface area contributed by atoms with Crippen LogP contribution in [0.4, 0.5) is 10.1 Å². The number of nitrogens with one attached hydrogen (secondary N) is 1. The van der Waals surface area contributed by atoms with Crippen molar-refractivity contribution in [1.82, 2.24) is 0 Å². The summed E-state index contributed by atoms with van der Waals surface area (Å²) >= 11 is 0. The molecule has 0 aliphatic carbocycles. The van der Waals surface area contributed by atoms with Crippen LogP contribution in [0.2, 0.25) is 0 Å². The molecule has 1 aromatic rings. The maximum absolute atomic E-state index is 13.3. The lowest BCUT2D eigenvalue weighted by Gasteiger charge is -2.06. The average molecular weight is 243 g/mol. The minimum atomic E-state index is -3.56. The molecule has 0 radical (unpaired) electrons. The number of hydrogen-bond acceptors (Lipinski definition) is 4. The topological polar surface area (TPSA) is 96.0 Å². The van der Waals surface area contributed by atoms with Crippen LogP contribution in [0.25, 0.3) is 0 Å². The zero-order valence-corrected chi connectivity index (χ0v) is 9.09. The summed E-state index contributed by atoms with van der Waals surface area (Å²) in [6.07, 6.45) is 0. The van der Waals surface area contributed by atoms with Crippen molar-refractivity contribution >= 4 is 15.7 Å². The molecule has 86 valence electrons. The molecule has 0 aromatic heterocycles. The number of sulfonamides is 1. The number of halogens is 1. The molecule has 3 N–H and O–H groups in total. The van der Waals surface area contributed by atoms with Crippen molar-refractivity contribution in [1.29, 1.82) is 5.26 Å². The van der Waals surface area contributed by atoms with Crippen LogP contribution in [0.1, 0.15) is 5.56 Å². The predicted molar refractivity (Wildman–Crippen MR) is 57.6 cm³/mol. The van der Waals surface area contributed by atoms with Gasteiger partial charge in [-0.05, 0) is 18.2 Å². The molecule has 7 heteroatoms. The first-order valence-corrected chi connectivity index (χ1v) is 6.08. The Labute approximate surface area is 92.7 Å². The molecule has 0 saturated carbocycles. The molecule has 0 aliphatic rings. The van der Waals surface area contributed by atoms with E-state index in [0.717, 1.165) is 6.07 Å². The highest BCUT2D eigenvalue weighted by Crippen LogP contribution is 2.14. The normalized spacial score (nSPS) is 10.8. The third-order valence-electron chi connectivity index (χ3n) is 1.80. The fourth-order valence-corrected chi connectivity index (χ4v) is 1.44. The molecule has 5 nitrogen and oxygen atoms in total. The lowest BCUT2D eigenvalue weighted by Crippen LogP contribution is -2.22. The monoisotopic (exact) mass is 243 g/mol. The molecular weight excluding hydrogens is 233 g/mol. The van der Waals surface area contributed by atoms with Crippen molar-refractivity contribution in [2.45, 2.75) is 0 Å². The minimum absolute atomic E-state index is 0.0155. The number of anilines is 1. The summed E-state index contributed by atoms with van der Waals surface area (Å²) in [6.45, 7) is 0.0155. The van der Waals surface area contributed by atoms with E-state index in [-0.39, 0.29) is 23.5 Å². The summed E-state index contributed by atoms with van der Waals surface area (Å²) in [7, 11) is -3.56. The van der Waals surface area contributed by atoms with Crippen LogP contribution in [0.3, 0.4) is 0 Å². The molecule has 0 unspecified atom stereocenters. The van der Waals surface area contributed by atoms with Crippen LogP contribution in [-0.2, 0) is 10.0 Å². The summed E-state index contributed by atoms with van der Waals surface area (Å²) in [5.74, 6) is -0.889. The van der Waals surface area contributed by atoms with E-state index in [0.29, 0.717) is 0 Å². The summed E-state index contributed by atoms with van der Waals surface area (Å²) in [5.41, 5.74) is 0.345. The van der Waals surface area contributed by atoms with Gasteiger partial charge >= 0.3 is 0 Å². The Hall–Kier alpha value is -1.65. The van der Waals surface area contributed by atoms with Gasteiger partial charge < -0.3 is 5.32 Å². The van der Waals surface area contributed by atoms with Gasteiger partial charge in [-0.25, -0.2) is 17.9 Å². The molecule has 0 bridgehead atoms. The maximum atomic E-state index is 13.3. The molecule has 0 fully saturated rings. The number of rotatable bonds is 4. The summed E-state index contributed by atoms with van der Waals surface area (Å²) in [6, 6.07) is 5.67. The molecule has 1 aromatic carbocycles. The lowest BCUT2D eigenvalue weighted by molar-refractivity contribution is 0.597. The van der Waals surface area contributed by atoms with E-state index in [1.54, 1.807) is 6.07 Å². The maximum Gasteiger partial charge on any atom is 0.210 e. The van der Waals surface area contributed by atoms with Crippen molar-refractivity contribution in [3.05, 3.63) is 29.6 Å². The Balaban J connectivity index is 2.66. The Morgan fingerprint density at radius 1 is 1.50 bits per heavy atom. The first-order chi connectivity index (χ1) is 7.42. The van der Waals surface area contributed by atoms with Gasteiger partial charge in [-0.2, -0.15) is 5.26 Å².